The van der Waals surface area contributed by atoms with Crippen LogP contribution in [-0.4, -0.2) is 18.1 Å². The summed E-state index contributed by atoms with van der Waals surface area (Å²) in [5.41, 5.74) is 1.48. The molecule has 0 aliphatic heterocycles. The maximum atomic E-state index is 11.4. The van der Waals surface area contributed by atoms with E-state index in [0.717, 1.165) is 18.0 Å². The molecule has 1 heterocycles. The van der Waals surface area contributed by atoms with Gasteiger partial charge in [0.05, 0.1) is 10.7 Å². The van der Waals surface area contributed by atoms with Crippen molar-refractivity contribution in [2.75, 3.05) is 7.11 Å². The fourth-order valence-corrected chi connectivity index (χ4v) is 2.67. The molecule has 0 aliphatic carbocycles. The van der Waals surface area contributed by atoms with Crippen molar-refractivity contribution in [1.82, 2.24) is 4.98 Å². The highest BCUT2D eigenvalue weighted by Gasteiger charge is 2.15. The third-order valence-electron chi connectivity index (χ3n) is 2.09. The number of benzene rings is 1. The molecule has 1 aromatic heterocycles. The first-order valence-corrected chi connectivity index (χ1v) is 6.34. The predicted molar refractivity (Wildman–Crippen MR) is 75.1 cm³/mol. The van der Waals surface area contributed by atoms with Crippen LogP contribution >= 0.6 is 45.2 Å². The van der Waals surface area contributed by atoms with Crippen LogP contribution in [0.1, 0.15) is 10.5 Å². The van der Waals surface area contributed by atoms with Crippen LogP contribution in [0.5, 0.6) is 0 Å². The van der Waals surface area contributed by atoms with Gasteiger partial charge in [-0.1, -0.05) is 0 Å². The normalized spacial score (nSPS) is 10.6. The Morgan fingerprint density at radius 1 is 1.40 bits per heavy atom. The van der Waals surface area contributed by atoms with Crippen molar-refractivity contribution in [3.8, 4) is 0 Å². The Kier molecular flexibility index (Phi) is 3.19. The Morgan fingerprint density at radius 2 is 2.13 bits per heavy atom. The number of hydrogen-bond donors (Lipinski definition) is 1. The van der Waals surface area contributed by atoms with Crippen LogP contribution < -0.4 is 0 Å². The molecule has 0 unspecified atom stereocenters. The molecule has 0 radical (unpaired) electrons. The van der Waals surface area contributed by atoms with Gasteiger partial charge in [0.1, 0.15) is 5.69 Å². The first kappa shape index (κ1) is 11.2. The second-order valence-corrected chi connectivity index (χ2v) is 5.32. The summed E-state index contributed by atoms with van der Waals surface area (Å²) in [5, 5.41) is 1.06. The van der Waals surface area contributed by atoms with Crippen LogP contribution in [-0.2, 0) is 4.74 Å². The van der Waals surface area contributed by atoms with Crippen molar-refractivity contribution in [2.45, 2.75) is 0 Å². The van der Waals surface area contributed by atoms with Crippen molar-refractivity contribution in [3.63, 3.8) is 0 Å². The summed E-state index contributed by atoms with van der Waals surface area (Å²) < 4.78 is 6.76. The first-order chi connectivity index (χ1) is 7.13. The largest absolute Gasteiger partial charge is 0.464 e. The number of H-pyrrole nitrogens is 1. The van der Waals surface area contributed by atoms with Crippen LogP contribution in [0.15, 0.2) is 18.2 Å². The molecule has 0 aliphatic rings. The number of ether oxygens (including phenoxy) is 1. The number of fused-ring (bicyclic) bond motifs is 1. The Hall–Kier alpha value is -0.310. The molecule has 0 saturated heterocycles. The lowest BCUT2D eigenvalue weighted by Gasteiger charge is -1.94. The Morgan fingerprint density at radius 3 is 2.80 bits per heavy atom. The minimum atomic E-state index is -0.328. The molecule has 0 spiro atoms. The van der Waals surface area contributed by atoms with Gasteiger partial charge in [0, 0.05) is 14.5 Å². The monoisotopic (exact) mass is 427 g/mol. The van der Waals surface area contributed by atoms with E-state index in [-0.39, 0.29) is 5.97 Å². The van der Waals surface area contributed by atoms with E-state index < -0.39 is 0 Å². The lowest BCUT2D eigenvalue weighted by Crippen LogP contribution is -2.02. The molecule has 0 saturated carbocycles. The molecule has 0 atom stereocenters. The van der Waals surface area contributed by atoms with Crippen LogP contribution in [0.25, 0.3) is 10.9 Å². The fourth-order valence-electron chi connectivity index (χ4n) is 1.37. The Bertz CT molecular complexity index is 533. The molecule has 78 valence electrons. The van der Waals surface area contributed by atoms with Crippen LogP contribution in [0.4, 0.5) is 0 Å². The van der Waals surface area contributed by atoms with Crippen molar-refractivity contribution < 1.29 is 9.53 Å². The predicted octanol–water partition coefficient (Wildman–Crippen LogP) is 3.16. The number of nitrogens with one attached hydrogen (secondary N) is 1. The highest BCUT2D eigenvalue weighted by molar-refractivity contribution is 14.1. The molecule has 15 heavy (non-hydrogen) atoms. The molecule has 3 nitrogen and oxygen atoms in total. The van der Waals surface area contributed by atoms with Gasteiger partial charge < -0.3 is 9.72 Å². The molecule has 0 bridgehead atoms. The summed E-state index contributed by atoms with van der Waals surface area (Å²) in [4.78, 5) is 14.5. The zero-order chi connectivity index (χ0) is 11.0. The van der Waals surface area contributed by atoms with Crippen LogP contribution in [0.2, 0.25) is 0 Å². The SMILES string of the molecule is COC(=O)c1[nH]c2ccc(I)cc2c1I. The summed E-state index contributed by atoms with van der Waals surface area (Å²) in [7, 11) is 1.38. The average Bonchev–Trinajstić information content (AvgIpc) is 2.55. The van der Waals surface area contributed by atoms with Gasteiger partial charge in [-0.3, -0.25) is 0 Å². The van der Waals surface area contributed by atoms with Gasteiger partial charge in [0.25, 0.3) is 0 Å². The van der Waals surface area contributed by atoms with E-state index in [0.29, 0.717) is 5.69 Å². The van der Waals surface area contributed by atoms with Gasteiger partial charge in [-0.25, -0.2) is 4.79 Å². The molecule has 1 aromatic carbocycles. The third-order valence-corrected chi connectivity index (χ3v) is 3.88. The summed E-state index contributed by atoms with van der Waals surface area (Å²) >= 11 is 4.40. The third kappa shape index (κ3) is 1.99. The number of methoxy groups -OCH3 is 1. The number of aromatic nitrogens is 1. The molecule has 0 amide bonds. The minimum absolute atomic E-state index is 0.328. The molecule has 2 aromatic rings. The summed E-state index contributed by atoms with van der Waals surface area (Å²) in [6, 6.07) is 6.00. The summed E-state index contributed by atoms with van der Waals surface area (Å²) in [5.74, 6) is -0.328. The highest BCUT2D eigenvalue weighted by Crippen LogP contribution is 2.26. The quantitative estimate of drug-likeness (QED) is 0.562. The first-order valence-electron chi connectivity index (χ1n) is 4.18. The Labute approximate surface area is 114 Å². The number of carbonyl (C=O) groups is 1. The van der Waals surface area contributed by atoms with E-state index in [1.54, 1.807) is 0 Å². The second kappa shape index (κ2) is 4.28. The number of hydrogen-bond acceptors (Lipinski definition) is 2. The molecule has 1 N–H and O–H groups in total. The maximum Gasteiger partial charge on any atom is 0.355 e. The summed E-state index contributed by atoms with van der Waals surface area (Å²) in [6.07, 6.45) is 0. The lowest BCUT2D eigenvalue weighted by molar-refractivity contribution is 0.0594. The zero-order valence-corrected chi connectivity index (χ0v) is 12.1. The second-order valence-electron chi connectivity index (χ2n) is 3.00. The van der Waals surface area contributed by atoms with Gasteiger partial charge in [0.15, 0.2) is 0 Å². The van der Waals surface area contributed by atoms with Crippen molar-refractivity contribution in [2.24, 2.45) is 0 Å². The van der Waals surface area contributed by atoms with Gasteiger partial charge in [-0.05, 0) is 63.4 Å². The number of halogens is 2. The van der Waals surface area contributed by atoms with E-state index in [2.05, 4.69) is 50.2 Å². The minimum Gasteiger partial charge on any atom is -0.464 e. The van der Waals surface area contributed by atoms with Crippen molar-refractivity contribution in [3.05, 3.63) is 31.0 Å². The van der Waals surface area contributed by atoms with E-state index >= 15 is 0 Å². The molecule has 2 rings (SSSR count). The topological polar surface area (TPSA) is 42.1 Å². The van der Waals surface area contributed by atoms with E-state index in [1.807, 2.05) is 18.2 Å². The molecule has 5 heteroatoms. The summed E-state index contributed by atoms with van der Waals surface area (Å²) in [6.45, 7) is 0. The molecular formula is C10H7I2NO2. The average molecular weight is 427 g/mol. The number of carbonyl (C=O) groups excluding carboxylic acids is 1. The number of rotatable bonds is 1. The van der Waals surface area contributed by atoms with Crippen molar-refractivity contribution >= 4 is 62.1 Å². The van der Waals surface area contributed by atoms with E-state index in [4.69, 9.17) is 4.74 Å². The smallest absolute Gasteiger partial charge is 0.355 e. The standard InChI is InChI=1S/C10H7I2NO2/c1-15-10(14)9-8(12)6-4-5(11)2-3-7(6)13-9/h2-4,13H,1H3. The van der Waals surface area contributed by atoms with Crippen molar-refractivity contribution in [1.29, 1.82) is 0 Å². The van der Waals surface area contributed by atoms with Gasteiger partial charge in [-0.2, -0.15) is 0 Å². The maximum absolute atomic E-state index is 11.4. The zero-order valence-electron chi connectivity index (χ0n) is 7.80. The fraction of sp³-hybridized carbons (Fsp3) is 0.100. The molecule has 0 fully saturated rings. The van der Waals surface area contributed by atoms with E-state index in [1.165, 1.54) is 7.11 Å². The van der Waals surface area contributed by atoms with Crippen LogP contribution in [0.3, 0.4) is 0 Å². The number of aromatic amines is 1. The number of esters is 1. The highest BCUT2D eigenvalue weighted by atomic mass is 127. The van der Waals surface area contributed by atoms with Gasteiger partial charge in [-0.15, -0.1) is 0 Å². The van der Waals surface area contributed by atoms with E-state index in [9.17, 15) is 4.79 Å². The lowest BCUT2D eigenvalue weighted by atomic mass is 10.2. The molecular weight excluding hydrogens is 420 g/mol. The van der Waals surface area contributed by atoms with Crippen LogP contribution in [0, 0.1) is 7.14 Å². The van der Waals surface area contributed by atoms with Gasteiger partial charge in [0.2, 0.25) is 0 Å². The Balaban J connectivity index is 2.69. The van der Waals surface area contributed by atoms with Gasteiger partial charge >= 0.3 is 5.97 Å².